The molecule has 0 aromatic heterocycles. The van der Waals surface area contributed by atoms with Crippen LogP contribution in [-0.2, 0) is 4.79 Å². The zero-order valence-electron chi connectivity index (χ0n) is 10.2. The van der Waals surface area contributed by atoms with Gasteiger partial charge < -0.3 is 5.11 Å². The van der Waals surface area contributed by atoms with Crippen LogP contribution >= 0.6 is 0 Å². The highest BCUT2D eigenvalue weighted by Gasteiger charge is 2.57. The fourth-order valence-electron chi connectivity index (χ4n) is 4.08. The van der Waals surface area contributed by atoms with Gasteiger partial charge in [0.15, 0.2) is 0 Å². The Bertz CT molecular complexity index is 313. The quantitative estimate of drug-likeness (QED) is 0.791. The molecule has 0 saturated heterocycles. The van der Waals surface area contributed by atoms with E-state index in [-0.39, 0.29) is 5.41 Å². The van der Waals surface area contributed by atoms with E-state index in [1.165, 1.54) is 32.1 Å². The van der Waals surface area contributed by atoms with Crippen molar-refractivity contribution in [2.24, 2.45) is 22.7 Å². The van der Waals surface area contributed by atoms with Crippen molar-refractivity contribution in [1.29, 1.82) is 0 Å². The van der Waals surface area contributed by atoms with Crippen LogP contribution in [0.5, 0.6) is 0 Å². The molecule has 3 aliphatic carbocycles. The summed E-state index contributed by atoms with van der Waals surface area (Å²) in [5, 5.41) is 9.18. The lowest BCUT2D eigenvalue weighted by Gasteiger charge is -2.23. The number of carboxylic acid groups (broad SMARTS) is 1. The van der Waals surface area contributed by atoms with Crippen LogP contribution in [0.2, 0.25) is 0 Å². The Morgan fingerprint density at radius 3 is 2.44 bits per heavy atom. The first-order valence-electron chi connectivity index (χ1n) is 6.82. The Hall–Kier alpha value is -0.530. The summed E-state index contributed by atoms with van der Waals surface area (Å²) in [6.45, 7) is 2.40. The van der Waals surface area contributed by atoms with Gasteiger partial charge >= 0.3 is 5.97 Å². The molecule has 0 aromatic rings. The maximum absolute atomic E-state index is 11.1. The van der Waals surface area contributed by atoms with Crippen LogP contribution < -0.4 is 0 Å². The molecule has 2 nitrogen and oxygen atoms in total. The Labute approximate surface area is 97.4 Å². The van der Waals surface area contributed by atoms with E-state index in [0.717, 1.165) is 31.1 Å². The molecule has 3 fully saturated rings. The minimum absolute atomic E-state index is 0.290. The monoisotopic (exact) mass is 222 g/mol. The van der Waals surface area contributed by atoms with Crippen molar-refractivity contribution in [1.82, 2.24) is 0 Å². The van der Waals surface area contributed by atoms with Gasteiger partial charge in [0.2, 0.25) is 0 Å². The SMILES string of the molecule is CC1CCC(CCC2(C(=O)O)CC2)C12CC2. The molecule has 0 heterocycles. The van der Waals surface area contributed by atoms with Gasteiger partial charge in [-0.3, -0.25) is 4.79 Å². The van der Waals surface area contributed by atoms with E-state index in [2.05, 4.69) is 6.92 Å². The molecule has 0 aromatic carbocycles. The molecule has 3 saturated carbocycles. The summed E-state index contributed by atoms with van der Waals surface area (Å²) < 4.78 is 0. The molecule has 3 rings (SSSR count). The average molecular weight is 222 g/mol. The van der Waals surface area contributed by atoms with E-state index < -0.39 is 5.97 Å². The van der Waals surface area contributed by atoms with Crippen LogP contribution in [0.25, 0.3) is 0 Å². The van der Waals surface area contributed by atoms with Crippen LogP contribution in [0, 0.1) is 22.7 Å². The third-order valence-electron chi connectivity index (χ3n) is 5.85. The summed E-state index contributed by atoms with van der Waals surface area (Å²) in [6.07, 6.45) is 9.55. The molecule has 2 atom stereocenters. The summed E-state index contributed by atoms with van der Waals surface area (Å²) >= 11 is 0. The van der Waals surface area contributed by atoms with Gasteiger partial charge in [-0.25, -0.2) is 0 Å². The van der Waals surface area contributed by atoms with E-state index in [9.17, 15) is 9.90 Å². The minimum Gasteiger partial charge on any atom is -0.481 e. The predicted octanol–water partition coefficient (Wildman–Crippen LogP) is 3.46. The summed E-state index contributed by atoms with van der Waals surface area (Å²) in [4.78, 5) is 11.1. The maximum atomic E-state index is 11.1. The normalized spacial score (nSPS) is 37.6. The molecule has 3 aliphatic rings. The number of aliphatic carboxylic acids is 1. The lowest BCUT2D eigenvalue weighted by atomic mass is 9.82. The Kier molecular flexibility index (Phi) is 2.15. The molecule has 1 N–H and O–H groups in total. The van der Waals surface area contributed by atoms with Gasteiger partial charge in [-0.05, 0) is 68.6 Å². The van der Waals surface area contributed by atoms with Gasteiger partial charge in [0.05, 0.1) is 5.41 Å². The third kappa shape index (κ3) is 1.42. The first kappa shape index (κ1) is 10.6. The summed E-state index contributed by atoms with van der Waals surface area (Å²) in [5.74, 6) is 1.21. The molecule has 16 heavy (non-hydrogen) atoms. The Morgan fingerprint density at radius 1 is 1.25 bits per heavy atom. The van der Waals surface area contributed by atoms with Gasteiger partial charge in [-0.1, -0.05) is 6.92 Å². The molecular formula is C14H22O2. The fraction of sp³-hybridized carbons (Fsp3) is 0.929. The zero-order valence-corrected chi connectivity index (χ0v) is 10.2. The van der Waals surface area contributed by atoms with Crippen molar-refractivity contribution in [2.45, 2.75) is 58.3 Å². The molecule has 1 spiro atoms. The molecular weight excluding hydrogens is 200 g/mol. The van der Waals surface area contributed by atoms with E-state index in [1.54, 1.807) is 0 Å². The van der Waals surface area contributed by atoms with Crippen molar-refractivity contribution in [3.8, 4) is 0 Å². The van der Waals surface area contributed by atoms with Gasteiger partial charge in [0, 0.05) is 0 Å². The highest BCUT2D eigenvalue weighted by Crippen LogP contribution is 2.66. The second kappa shape index (κ2) is 3.24. The number of hydrogen-bond acceptors (Lipinski definition) is 1. The van der Waals surface area contributed by atoms with Crippen LogP contribution in [0.15, 0.2) is 0 Å². The fourth-order valence-corrected chi connectivity index (χ4v) is 4.08. The van der Waals surface area contributed by atoms with Gasteiger partial charge in [-0.15, -0.1) is 0 Å². The van der Waals surface area contributed by atoms with Crippen LogP contribution in [0.3, 0.4) is 0 Å². The first-order chi connectivity index (χ1) is 7.59. The number of carboxylic acids is 1. The smallest absolute Gasteiger partial charge is 0.309 e. The Balaban J connectivity index is 1.59. The van der Waals surface area contributed by atoms with Crippen LogP contribution in [-0.4, -0.2) is 11.1 Å². The highest BCUT2D eigenvalue weighted by molar-refractivity contribution is 5.77. The maximum Gasteiger partial charge on any atom is 0.309 e. The molecule has 0 radical (unpaired) electrons. The van der Waals surface area contributed by atoms with Crippen LogP contribution in [0.4, 0.5) is 0 Å². The molecule has 2 unspecified atom stereocenters. The van der Waals surface area contributed by atoms with Crippen LogP contribution in [0.1, 0.15) is 58.3 Å². The standard InChI is InChI=1S/C14H22O2/c1-10-2-3-11(14(10)8-9-14)4-5-13(6-7-13)12(15)16/h10-11H,2-9H2,1H3,(H,15,16). The van der Waals surface area contributed by atoms with Gasteiger partial charge in [0.25, 0.3) is 0 Å². The van der Waals surface area contributed by atoms with Crippen molar-refractivity contribution >= 4 is 5.97 Å². The largest absolute Gasteiger partial charge is 0.481 e. The second-order valence-corrected chi connectivity index (χ2v) is 6.53. The molecule has 0 bridgehead atoms. The van der Waals surface area contributed by atoms with Crippen molar-refractivity contribution in [3.05, 3.63) is 0 Å². The number of hydrogen-bond donors (Lipinski definition) is 1. The highest BCUT2D eigenvalue weighted by atomic mass is 16.4. The number of rotatable bonds is 4. The first-order valence-corrected chi connectivity index (χ1v) is 6.82. The van der Waals surface area contributed by atoms with Crippen molar-refractivity contribution < 1.29 is 9.90 Å². The molecule has 90 valence electrons. The summed E-state index contributed by atoms with van der Waals surface area (Å²) in [5.41, 5.74) is 0.372. The van der Waals surface area contributed by atoms with Crippen molar-refractivity contribution in [3.63, 3.8) is 0 Å². The molecule has 0 amide bonds. The van der Waals surface area contributed by atoms with Crippen molar-refractivity contribution in [2.75, 3.05) is 0 Å². The van der Waals surface area contributed by atoms with Gasteiger partial charge in [-0.2, -0.15) is 0 Å². The minimum atomic E-state index is -0.539. The van der Waals surface area contributed by atoms with E-state index in [0.29, 0.717) is 5.41 Å². The summed E-state index contributed by atoms with van der Waals surface area (Å²) in [7, 11) is 0. The Morgan fingerprint density at radius 2 is 1.94 bits per heavy atom. The average Bonchev–Trinajstić information content (AvgIpc) is 3.10. The topological polar surface area (TPSA) is 37.3 Å². The van der Waals surface area contributed by atoms with Gasteiger partial charge in [0.1, 0.15) is 0 Å². The lowest BCUT2D eigenvalue weighted by Crippen LogP contribution is -2.19. The summed E-state index contributed by atoms with van der Waals surface area (Å²) in [6, 6.07) is 0. The van der Waals surface area contributed by atoms with E-state index in [4.69, 9.17) is 0 Å². The number of carbonyl (C=O) groups is 1. The van der Waals surface area contributed by atoms with E-state index in [1.807, 2.05) is 0 Å². The molecule has 2 heteroatoms. The second-order valence-electron chi connectivity index (χ2n) is 6.53. The van der Waals surface area contributed by atoms with E-state index >= 15 is 0 Å². The lowest BCUT2D eigenvalue weighted by molar-refractivity contribution is -0.143. The predicted molar refractivity (Wildman–Crippen MR) is 62.1 cm³/mol. The third-order valence-corrected chi connectivity index (χ3v) is 5.85. The zero-order chi connectivity index (χ0) is 11.4. The molecule has 0 aliphatic heterocycles.